The number of nitrogens with zero attached hydrogens (tertiary/aromatic N) is 1. The minimum absolute atomic E-state index is 0.102. The Balaban J connectivity index is 1.69. The molecule has 0 bridgehead atoms. The number of rotatable bonds is 8. The molecular formula is C22H28N2O2. The maximum absolute atomic E-state index is 12.9. The van der Waals surface area contributed by atoms with E-state index in [0.717, 1.165) is 11.4 Å². The minimum Gasteiger partial charge on any atom is -0.497 e. The fourth-order valence-corrected chi connectivity index (χ4v) is 3.40. The summed E-state index contributed by atoms with van der Waals surface area (Å²) < 4.78 is 5.25. The molecule has 0 spiro atoms. The molecule has 1 saturated carbocycles. The van der Waals surface area contributed by atoms with Gasteiger partial charge in [-0.1, -0.05) is 30.3 Å². The van der Waals surface area contributed by atoms with Gasteiger partial charge in [-0.05, 0) is 62.4 Å². The van der Waals surface area contributed by atoms with E-state index in [1.54, 1.807) is 7.11 Å². The average Bonchev–Trinajstić information content (AvgIpc) is 3.48. The molecule has 0 aliphatic heterocycles. The quantitative estimate of drug-likeness (QED) is 0.775. The number of hydrogen-bond donors (Lipinski definition) is 1. The van der Waals surface area contributed by atoms with Gasteiger partial charge in [-0.25, -0.2) is 0 Å². The van der Waals surface area contributed by atoms with E-state index in [4.69, 9.17) is 4.74 Å². The second-order valence-electron chi connectivity index (χ2n) is 7.16. The minimum atomic E-state index is 0.102. The molecule has 4 heteroatoms. The second-order valence-corrected chi connectivity index (χ2v) is 7.16. The largest absolute Gasteiger partial charge is 0.497 e. The monoisotopic (exact) mass is 352 g/mol. The fraction of sp³-hybridized carbons (Fsp3) is 0.409. The number of amides is 1. The third kappa shape index (κ3) is 4.44. The van der Waals surface area contributed by atoms with Crippen LogP contribution in [0.3, 0.4) is 0 Å². The topological polar surface area (TPSA) is 41.6 Å². The maximum Gasteiger partial charge on any atom is 0.241 e. The summed E-state index contributed by atoms with van der Waals surface area (Å²) in [7, 11) is 1.67. The Kier molecular flexibility index (Phi) is 5.94. The number of benzene rings is 2. The van der Waals surface area contributed by atoms with E-state index in [0.29, 0.717) is 12.5 Å². The van der Waals surface area contributed by atoms with Crippen LogP contribution in [0.5, 0.6) is 5.75 Å². The van der Waals surface area contributed by atoms with Gasteiger partial charge in [0.15, 0.2) is 0 Å². The van der Waals surface area contributed by atoms with Gasteiger partial charge in [0.1, 0.15) is 5.75 Å². The highest BCUT2D eigenvalue weighted by Crippen LogP contribution is 2.41. The summed E-state index contributed by atoms with van der Waals surface area (Å²) in [5.41, 5.74) is 2.17. The number of carbonyl (C=O) groups is 1. The van der Waals surface area contributed by atoms with Crippen LogP contribution >= 0.6 is 0 Å². The lowest BCUT2D eigenvalue weighted by atomic mass is 10.0. The standard InChI is InChI=1S/C22H28N2O2/c1-16(2)24(19-7-5-4-6-8-19)21(25)15-23-22(17-9-10-17)18-11-13-20(26-3)14-12-18/h4-8,11-14,16-17,22-23H,9-10,15H2,1-3H3. The number of para-hydroxylation sites is 1. The number of carbonyl (C=O) groups excluding carboxylic acids is 1. The smallest absolute Gasteiger partial charge is 0.241 e. The van der Waals surface area contributed by atoms with Crippen molar-refractivity contribution in [2.45, 2.75) is 38.8 Å². The van der Waals surface area contributed by atoms with Gasteiger partial charge in [0.05, 0.1) is 13.7 Å². The molecule has 3 rings (SSSR count). The highest BCUT2D eigenvalue weighted by molar-refractivity contribution is 5.95. The Morgan fingerprint density at radius 1 is 1.12 bits per heavy atom. The van der Waals surface area contributed by atoms with E-state index in [1.165, 1.54) is 18.4 Å². The van der Waals surface area contributed by atoms with Crippen LogP contribution in [0.4, 0.5) is 5.69 Å². The van der Waals surface area contributed by atoms with Crippen LogP contribution in [0, 0.1) is 5.92 Å². The lowest BCUT2D eigenvalue weighted by Gasteiger charge is -2.28. The number of ether oxygens (including phenoxy) is 1. The molecular weight excluding hydrogens is 324 g/mol. The Morgan fingerprint density at radius 3 is 2.31 bits per heavy atom. The number of anilines is 1. The first-order valence-electron chi connectivity index (χ1n) is 9.34. The number of nitrogens with one attached hydrogen (secondary N) is 1. The van der Waals surface area contributed by atoms with Crippen molar-refractivity contribution in [2.75, 3.05) is 18.6 Å². The maximum atomic E-state index is 12.9. The van der Waals surface area contributed by atoms with Crippen molar-refractivity contribution in [1.29, 1.82) is 0 Å². The Bertz CT molecular complexity index is 709. The summed E-state index contributed by atoms with van der Waals surface area (Å²) in [6.07, 6.45) is 2.43. The van der Waals surface area contributed by atoms with E-state index in [2.05, 4.69) is 17.4 Å². The molecule has 1 amide bonds. The molecule has 0 radical (unpaired) electrons. The zero-order valence-corrected chi connectivity index (χ0v) is 15.8. The van der Waals surface area contributed by atoms with Crippen molar-refractivity contribution in [1.82, 2.24) is 5.32 Å². The van der Waals surface area contributed by atoms with Crippen LogP contribution in [0.15, 0.2) is 54.6 Å². The van der Waals surface area contributed by atoms with E-state index in [9.17, 15) is 4.79 Å². The summed E-state index contributed by atoms with van der Waals surface area (Å²) in [4.78, 5) is 14.8. The number of hydrogen-bond acceptors (Lipinski definition) is 3. The molecule has 1 unspecified atom stereocenters. The predicted octanol–water partition coefficient (Wildman–Crippen LogP) is 4.18. The van der Waals surface area contributed by atoms with E-state index in [1.807, 2.05) is 61.2 Å². The summed E-state index contributed by atoms with van der Waals surface area (Å²) in [5, 5.41) is 3.51. The average molecular weight is 352 g/mol. The molecule has 2 aromatic rings. The molecule has 1 aliphatic carbocycles. The first-order valence-corrected chi connectivity index (χ1v) is 9.34. The molecule has 0 heterocycles. The van der Waals surface area contributed by atoms with Crippen molar-refractivity contribution in [3.63, 3.8) is 0 Å². The molecule has 0 aromatic heterocycles. The van der Waals surface area contributed by atoms with Gasteiger partial charge >= 0.3 is 0 Å². The molecule has 138 valence electrons. The lowest BCUT2D eigenvalue weighted by molar-refractivity contribution is -0.118. The third-order valence-electron chi connectivity index (χ3n) is 4.86. The third-order valence-corrected chi connectivity index (χ3v) is 4.86. The summed E-state index contributed by atoms with van der Waals surface area (Å²) in [5.74, 6) is 1.57. The van der Waals surface area contributed by atoms with Crippen molar-refractivity contribution in [2.24, 2.45) is 5.92 Å². The molecule has 1 fully saturated rings. The summed E-state index contributed by atoms with van der Waals surface area (Å²) >= 11 is 0. The molecule has 1 N–H and O–H groups in total. The first-order chi connectivity index (χ1) is 12.6. The van der Waals surface area contributed by atoms with E-state index in [-0.39, 0.29) is 18.0 Å². The zero-order chi connectivity index (χ0) is 18.5. The Morgan fingerprint density at radius 2 is 1.77 bits per heavy atom. The van der Waals surface area contributed by atoms with Gasteiger partial charge in [-0.15, -0.1) is 0 Å². The SMILES string of the molecule is COc1ccc(C(NCC(=O)N(c2ccccc2)C(C)C)C2CC2)cc1. The highest BCUT2D eigenvalue weighted by Gasteiger charge is 2.33. The molecule has 0 saturated heterocycles. The van der Waals surface area contributed by atoms with Gasteiger partial charge in [0.25, 0.3) is 0 Å². The summed E-state index contributed by atoms with van der Waals surface area (Å²) in [6, 6.07) is 18.4. The van der Waals surface area contributed by atoms with Gasteiger partial charge in [0, 0.05) is 17.8 Å². The van der Waals surface area contributed by atoms with Gasteiger partial charge in [-0.2, -0.15) is 0 Å². The first kappa shape index (κ1) is 18.5. The van der Waals surface area contributed by atoms with Gasteiger partial charge in [-0.3, -0.25) is 4.79 Å². The zero-order valence-electron chi connectivity index (χ0n) is 15.8. The van der Waals surface area contributed by atoms with Crippen molar-refractivity contribution in [3.05, 3.63) is 60.2 Å². The molecule has 1 atom stereocenters. The van der Waals surface area contributed by atoms with Crippen molar-refractivity contribution in [3.8, 4) is 5.75 Å². The molecule has 4 nitrogen and oxygen atoms in total. The van der Waals surface area contributed by atoms with Crippen LogP contribution in [0.1, 0.15) is 38.3 Å². The van der Waals surface area contributed by atoms with Crippen LogP contribution in [0.25, 0.3) is 0 Å². The number of methoxy groups -OCH3 is 1. The molecule has 26 heavy (non-hydrogen) atoms. The Labute approximate surface area is 156 Å². The highest BCUT2D eigenvalue weighted by atomic mass is 16.5. The lowest BCUT2D eigenvalue weighted by Crippen LogP contribution is -2.43. The second kappa shape index (κ2) is 8.37. The van der Waals surface area contributed by atoms with Crippen molar-refractivity contribution >= 4 is 11.6 Å². The van der Waals surface area contributed by atoms with E-state index < -0.39 is 0 Å². The normalized spacial score (nSPS) is 14.9. The molecule has 2 aromatic carbocycles. The van der Waals surface area contributed by atoms with Crippen molar-refractivity contribution < 1.29 is 9.53 Å². The van der Waals surface area contributed by atoms with Crippen LogP contribution in [-0.2, 0) is 4.79 Å². The predicted molar refractivity (Wildman–Crippen MR) is 106 cm³/mol. The van der Waals surface area contributed by atoms with Crippen LogP contribution in [0.2, 0.25) is 0 Å². The van der Waals surface area contributed by atoms with Crippen LogP contribution in [-0.4, -0.2) is 25.6 Å². The van der Waals surface area contributed by atoms with E-state index >= 15 is 0 Å². The fourth-order valence-electron chi connectivity index (χ4n) is 3.40. The molecule has 1 aliphatic rings. The van der Waals surface area contributed by atoms with Gasteiger partial charge in [0.2, 0.25) is 5.91 Å². The van der Waals surface area contributed by atoms with Gasteiger partial charge < -0.3 is 15.0 Å². The Hall–Kier alpha value is -2.33. The summed E-state index contributed by atoms with van der Waals surface area (Å²) in [6.45, 7) is 4.43. The van der Waals surface area contributed by atoms with Crippen LogP contribution < -0.4 is 15.0 Å².